The van der Waals surface area contributed by atoms with Crippen LogP contribution in [0.1, 0.15) is 12.8 Å². The first kappa shape index (κ1) is 15.1. The molecule has 0 aliphatic carbocycles. The highest BCUT2D eigenvalue weighted by Crippen LogP contribution is 2.06. The summed E-state index contributed by atoms with van der Waals surface area (Å²) in [7, 11) is 0. The third-order valence-corrected chi connectivity index (χ3v) is 3.18. The molecule has 2 aliphatic heterocycles. The van der Waals surface area contributed by atoms with Crippen molar-refractivity contribution in [3.63, 3.8) is 0 Å². The van der Waals surface area contributed by atoms with E-state index in [0.717, 1.165) is 4.90 Å². The lowest BCUT2D eigenvalue weighted by Gasteiger charge is -2.14. The monoisotopic (exact) mass is 292 g/mol. The van der Waals surface area contributed by atoms with Gasteiger partial charge in [-0.25, -0.2) is 0 Å². The highest BCUT2D eigenvalue weighted by molar-refractivity contribution is 6.13. The Morgan fingerprint density at radius 2 is 1.14 bits per heavy atom. The molecule has 2 rings (SSSR count). The van der Waals surface area contributed by atoms with Crippen LogP contribution in [-0.2, 0) is 23.9 Å². The molecule has 0 fully saturated rings. The van der Waals surface area contributed by atoms with E-state index in [1.807, 2.05) is 0 Å². The number of rotatable bonds is 8. The Morgan fingerprint density at radius 1 is 0.667 bits per heavy atom. The van der Waals surface area contributed by atoms with E-state index in [0.29, 0.717) is 26.0 Å². The van der Waals surface area contributed by atoms with Crippen LogP contribution in [0.4, 0.5) is 0 Å². The van der Waals surface area contributed by atoms with Crippen molar-refractivity contribution in [1.29, 1.82) is 0 Å². The van der Waals surface area contributed by atoms with Crippen molar-refractivity contribution in [3.05, 3.63) is 24.3 Å². The molecule has 7 nitrogen and oxygen atoms in total. The normalized spacial score (nSPS) is 17.7. The van der Waals surface area contributed by atoms with Gasteiger partial charge in [0.2, 0.25) is 0 Å². The summed E-state index contributed by atoms with van der Waals surface area (Å²) in [4.78, 5) is 47.3. The Kier molecular flexibility index (Phi) is 4.99. The number of hydrogen-bond donors (Lipinski definition) is 0. The van der Waals surface area contributed by atoms with Crippen molar-refractivity contribution in [2.45, 2.75) is 12.8 Å². The summed E-state index contributed by atoms with van der Waals surface area (Å²) in [5.41, 5.74) is 0. The highest BCUT2D eigenvalue weighted by Gasteiger charge is 2.23. The third kappa shape index (κ3) is 3.85. The first-order valence-electron chi connectivity index (χ1n) is 6.74. The van der Waals surface area contributed by atoms with E-state index in [4.69, 9.17) is 4.74 Å². The standard InChI is InChI=1S/C14H16N2O5/c17-11-3-4-12(18)15(11)7-1-2-9-21-10-8-16-13(19)5-6-14(16)20/h3-6H,1-2,7-10H2. The van der Waals surface area contributed by atoms with Crippen LogP contribution in [0.5, 0.6) is 0 Å². The fourth-order valence-corrected chi connectivity index (χ4v) is 2.03. The maximum absolute atomic E-state index is 11.3. The number of imide groups is 2. The van der Waals surface area contributed by atoms with Gasteiger partial charge in [-0.05, 0) is 12.8 Å². The predicted molar refractivity (Wildman–Crippen MR) is 71.8 cm³/mol. The minimum Gasteiger partial charge on any atom is -0.380 e. The molecule has 0 saturated carbocycles. The molecule has 0 radical (unpaired) electrons. The largest absolute Gasteiger partial charge is 0.380 e. The summed E-state index contributed by atoms with van der Waals surface area (Å²) < 4.78 is 5.33. The van der Waals surface area contributed by atoms with Crippen LogP contribution < -0.4 is 0 Å². The van der Waals surface area contributed by atoms with Crippen molar-refractivity contribution < 1.29 is 23.9 Å². The smallest absolute Gasteiger partial charge is 0.253 e. The van der Waals surface area contributed by atoms with Crippen molar-refractivity contribution in [3.8, 4) is 0 Å². The van der Waals surface area contributed by atoms with Crippen molar-refractivity contribution in [2.75, 3.05) is 26.3 Å². The molecule has 21 heavy (non-hydrogen) atoms. The molecule has 0 aromatic carbocycles. The Labute approximate surface area is 121 Å². The minimum absolute atomic E-state index is 0.234. The van der Waals surface area contributed by atoms with Gasteiger partial charge >= 0.3 is 0 Å². The lowest BCUT2D eigenvalue weighted by atomic mass is 10.3. The molecule has 0 aromatic heterocycles. The Balaban J connectivity index is 1.51. The topological polar surface area (TPSA) is 84.0 Å². The molecular weight excluding hydrogens is 276 g/mol. The second-order valence-electron chi connectivity index (χ2n) is 4.64. The first-order valence-corrected chi connectivity index (χ1v) is 6.74. The molecule has 4 amide bonds. The van der Waals surface area contributed by atoms with Gasteiger partial charge in [0.1, 0.15) is 0 Å². The number of hydrogen-bond acceptors (Lipinski definition) is 5. The number of carbonyl (C=O) groups is 4. The molecular formula is C14H16N2O5. The Bertz CT molecular complexity index is 441. The van der Waals surface area contributed by atoms with Crippen LogP contribution in [0.3, 0.4) is 0 Å². The summed E-state index contributed by atoms with van der Waals surface area (Å²) in [6.07, 6.45) is 6.34. The molecule has 0 aromatic rings. The van der Waals surface area contributed by atoms with Gasteiger partial charge in [0, 0.05) is 37.5 Å². The predicted octanol–water partition coefficient (Wildman–Crippen LogP) is -0.367. The molecule has 0 N–H and O–H groups in total. The van der Waals surface area contributed by atoms with Crippen molar-refractivity contribution in [2.24, 2.45) is 0 Å². The van der Waals surface area contributed by atoms with Gasteiger partial charge in [-0.2, -0.15) is 0 Å². The first-order chi connectivity index (χ1) is 10.1. The van der Waals surface area contributed by atoms with Gasteiger partial charge in [-0.3, -0.25) is 29.0 Å². The summed E-state index contributed by atoms with van der Waals surface area (Å²) in [5.74, 6) is -1.19. The average Bonchev–Trinajstić information content (AvgIpc) is 2.94. The highest BCUT2D eigenvalue weighted by atomic mass is 16.5. The zero-order chi connectivity index (χ0) is 15.2. The van der Waals surface area contributed by atoms with Gasteiger partial charge in [-0.1, -0.05) is 0 Å². The molecule has 0 unspecified atom stereocenters. The Hall–Kier alpha value is -2.28. The van der Waals surface area contributed by atoms with Gasteiger partial charge in [0.15, 0.2) is 0 Å². The number of amides is 4. The fourth-order valence-electron chi connectivity index (χ4n) is 2.03. The van der Waals surface area contributed by atoms with Crippen molar-refractivity contribution in [1.82, 2.24) is 9.80 Å². The SMILES string of the molecule is O=C1C=CC(=O)N1CCCCOCCN1C(=O)C=CC1=O. The van der Waals surface area contributed by atoms with Crippen LogP contribution in [0.15, 0.2) is 24.3 Å². The second kappa shape index (κ2) is 6.94. The quantitative estimate of drug-likeness (QED) is 0.450. The van der Waals surface area contributed by atoms with Crippen LogP contribution >= 0.6 is 0 Å². The number of unbranched alkanes of at least 4 members (excludes halogenated alkanes) is 1. The molecule has 2 aliphatic rings. The van der Waals surface area contributed by atoms with E-state index in [9.17, 15) is 19.2 Å². The average molecular weight is 292 g/mol. The Morgan fingerprint density at radius 3 is 1.67 bits per heavy atom. The van der Waals surface area contributed by atoms with E-state index >= 15 is 0 Å². The third-order valence-electron chi connectivity index (χ3n) is 3.18. The zero-order valence-electron chi connectivity index (χ0n) is 11.5. The number of nitrogens with zero attached hydrogens (tertiary/aromatic N) is 2. The van der Waals surface area contributed by atoms with Gasteiger partial charge in [-0.15, -0.1) is 0 Å². The lowest BCUT2D eigenvalue weighted by Crippen LogP contribution is -2.33. The fraction of sp³-hybridized carbons (Fsp3) is 0.429. The van der Waals surface area contributed by atoms with Crippen LogP contribution in [0.2, 0.25) is 0 Å². The van der Waals surface area contributed by atoms with E-state index in [1.165, 1.54) is 29.2 Å². The maximum atomic E-state index is 11.3. The van der Waals surface area contributed by atoms with Crippen LogP contribution in [0.25, 0.3) is 0 Å². The van der Waals surface area contributed by atoms with Crippen LogP contribution in [-0.4, -0.2) is 59.7 Å². The zero-order valence-corrected chi connectivity index (χ0v) is 11.5. The van der Waals surface area contributed by atoms with E-state index in [2.05, 4.69) is 0 Å². The number of ether oxygens (including phenoxy) is 1. The molecule has 112 valence electrons. The van der Waals surface area contributed by atoms with E-state index in [1.54, 1.807) is 0 Å². The van der Waals surface area contributed by atoms with Gasteiger partial charge in [0.05, 0.1) is 13.2 Å². The lowest BCUT2D eigenvalue weighted by molar-refractivity contribution is -0.138. The minimum atomic E-state index is -0.317. The van der Waals surface area contributed by atoms with E-state index < -0.39 is 0 Å². The van der Waals surface area contributed by atoms with Gasteiger partial charge < -0.3 is 4.74 Å². The summed E-state index contributed by atoms with van der Waals surface area (Å²) in [5, 5.41) is 0. The van der Waals surface area contributed by atoms with Gasteiger partial charge in [0.25, 0.3) is 23.6 Å². The second-order valence-corrected chi connectivity index (χ2v) is 4.64. The van der Waals surface area contributed by atoms with Crippen molar-refractivity contribution >= 4 is 23.6 Å². The number of carbonyl (C=O) groups excluding carboxylic acids is 4. The summed E-state index contributed by atoms with van der Waals surface area (Å²) >= 11 is 0. The molecule has 2 heterocycles. The molecule has 7 heteroatoms. The van der Waals surface area contributed by atoms with E-state index in [-0.39, 0.29) is 36.8 Å². The molecule has 0 spiro atoms. The molecule has 0 saturated heterocycles. The summed E-state index contributed by atoms with van der Waals surface area (Å²) in [6, 6.07) is 0. The van der Waals surface area contributed by atoms with Crippen LogP contribution in [0, 0.1) is 0 Å². The maximum Gasteiger partial charge on any atom is 0.253 e. The molecule has 0 bridgehead atoms. The summed E-state index contributed by atoms with van der Waals surface area (Å²) in [6.45, 7) is 1.34. The molecule has 0 atom stereocenters.